The smallest absolute Gasteiger partial charge is 0.252 e. The third kappa shape index (κ3) is 2.09. The van der Waals surface area contributed by atoms with Gasteiger partial charge in [-0.1, -0.05) is 19.1 Å². The largest absolute Gasteiger partial charge is 0.347 e. The Labute approximate surface area is 102 Å². The minimum absolute atomic E-state index is 0.00662. The van der Waals surface area contributed by atoms with E-state index >= 15 is 0 Å². The summed E-state index contributed by atoms with van der Waals surface area (Å²) in [6.07, 6.45) is 4.43. The van der Waals surface area contributed by atoms with Crippen molar-refractivity contribution in [2.24, 2.45) is 0 Å². The molecule has 0 unspecified atom stereocenters. The average molecular weight is 235 g/mol. The van der Waals surface area contributed by atoms with E-state index in [1.54, 1.807) is 0 Å². The zero-order valence-electron chi connectivity index (χ0n) is 9.49. The second-order valence-corrected chi connectivity index (χ2v) is 4.94. The highest BCUT2D eigenvalue weighted by molar-refractivity contribution is 7.80. The van der Waals surface area contributed by atoms with Crippen molar-refractivity contribution in [3.05, 3.63) is 29.8 Å². The van der Waals surface area contributed by atoms with E-state index in [-0.39, 0.29) is 11.4 Å². The number of carbonyl (C=O) groups excluding carboxylic acids is 1. The van der Waals surface area contributed by atoms with Crippen LogP contribution in [-0.4, -0.2) is 11.4 Å². The molecule has 1 saturated carbocycles. The fraction of sp³-hybridized carbons (Fsp3) is 0.462. The Morgan fingerprint density at radius 3 is 2.62 bits per heavy atom. The Hall–Kier alpha value is -0.960. The van der Waals surface area contributed by atoms with Crippen LogP contribution in [0.1, 0.15) is 43.0 Å². The Balaban J connectivity index is 2.11. The lowest BCUT2D eigenvalue weighted by Gasteiger charge is -2.42. The van der Waals surface area contributed by atoms with Crippen LogP contribution in [0, 0.1) is 0 Å². The number of hydrogen-bond donors (Lipinski definition) is 2. The summed E-state index contributed by atoms with van der Waals surface area (Å²) in [5.74, 6) is 0.00662. The van der Waals surface area contributed by atoms with Crippen LogP contribution < -0.4 is 5.32 Å². The Morgan fingerprint density at radius 2 is 2.12 bits per heavy atom. The molecule has 2 rings (SSSR count). The maximum Gasteiger partial charge on any atom is 0.252 e. The lowest BCUT2D eigenvalue weighted by molar-refractivity contribution is 0.0817. The number of rotatable bonds is 3. The first-order valence-electron chi connectivity index (χ1n) is 5.77. The van der Waals surface area contributed by atoms with Crippen LogP contribution in [0.15, 0.2) is 29.2 Å². The van der Waals surface area contributed by atoms with Gasteiger partial charge in [0.1, 0.15) is 0 Å². The molecule has 0 heterocycles. The van der Waals surface area contributed by atoms with Gasteiger partial charge in [-0.15, -0.1) is 12.6 Å². The summed E-state index contributed by atoms with van der Waals surface area (Å²) in [6.45, 7) is 2.13. The molecule has 86 valence electrons. The number of nitrogens with one attached hydrogen (secondary N) is 1. The summed E-state index contributed by atoms with van der Waals surface area (Å²) >= 11 is 4.30. The van der Waals surface area contributed by atoms with E-state index < -0.39 is 0 Å². The first-order chi connectivity index (χ1) is 7.67. The summed E-state index contributed by atoms with van der Waals surface area (Å²) in [5, 5.41) is 3.15. The van der Waals surface area contributed by atoms with Crippen molar-refractivity contribution in [2.75, 3.05) is 0 Å². The molecule has 1 N–H and O–H groups in total. The maximum atomic E-state index is 12.1. The van der Waals surface area contributed by atoms with Crippen LogP contribution >= 0.6 is 12.6 Å². The van der Waals surface area contributed by atoms with Crippen molar-refractivity contribution in [2.45, 2.75) is 43.0 Å². The van der Waals surface area contributed by atoms with Crippen molar-refractivity contribution in [3.63, 3.8) is 0 Å². The minimum atomic E-state index is 0.00662. The summed E-state index contributed by atoms with van der Waals surface area (Å²) in [7, 11) is 0. The summed E-state index contributed by atoms with van der Waals surface area (Å²) in [5.41, 5.74) is 0.721. The number of amides is 1. The SMILES string of the molecule is CCC1(NC(=O)c2ccccc2S)CCC1. The van der Waals surface area contributed by atoms with Gasteiger partial charge in [-0.3, -0.25) is 4.79 Å². The number of thiol groups is 1. The van der Waals surface area contributed by atoms with Crippen LogP contribution in [-0.2, 0) is 0 Å². The van der Waals surface area contributed by atoms with E-state index in [0.717, 1.165) is 24.2 Å². The van der Waals surface area contributed by atoms with E-state index in [1.165, 1.54) is 6.42 Å². The molecule has 0 aliphatic heterocycles. The minimum Gasteiger partial charge on any atom is -0.347 e. The highest BCUT2D eigenvalue weighted by atomic mass is 32.1. The monoisotopic (exact) mass is 235 g/mol. The third-order valence-corrected chi connectivity index (χ3v) is 3.90. The third-order valence-electron chi connectivity index (χ3n) is 3.51. The first-order valence-corrected chi connectivity index (χ1v) is 6.22. The van der Waals surface area contributed by atoms with Crippen LogP contribution in [0.5, 0.6) is 0 Å². The molecule has 0 saturated heterocycles. The molecular weight excluding hydrogens is 218 g/mol. The zero-order valence-corrected chi connectivity index (χ0v) is 10.4. The van der Waals surface area contributed by atoms with Crippen molar-refractivity contribution < 1.29 is 4.79 Å². The normalized spacial score (nSPS) is 17.6. The van der Waals surface area contributed by atoms with Crippen LogP contribution in [0.25, 0.3) is 0 Å². The van der Waals surface area contributed by atoms with E-state index in [1.807, 2.05) is 24.3 Å². The van der Waals surface area contributed by atoms with Gasteiger partial charge in [-0.05, 0) is 37.8 Å². The Bertz CT molecular complexity index is 393. The summed E-state index contributed by atoms with van der Waals surface area (Å²) in [6, 6.07) is 7.42. The molecule has 0 spiro atoms. The van der Waals surface area contributed by atoms with Gasteiger partial charge in [0.15, 0.2) is 0 Å². The van der Waals surface area contributed by atoms with Gasteiger partial charge in [0.25, 0.3) is 5.91 Å². The van der Waals surface area contributed by atoms with Gasteiger partial charge in [0.05, 0.1) is 5.56 Å². The molecule has 0 bridgehead atoms. The predicted molar refractivity (Wildman–Crippen MR) is 68.0 cm³/mol. The quantitative estimate of drug-likeness (QED) is 0.775. The lowest BCUT2D eigenvalue weighted by Crippen LogP contribution is -2.53. The lowest BCUT2D eigenvalue weighted by atomic mass is 9.74. The molecule has 1 aliphatic carbocycles. The summed E-state index contributed by atoms with van der Waals surface area (Å²) < 4.78 is 0. The fourth-order valence-electron chi connectivity index (χ4n) is 2.14. The predicted octanol–water partition coefficient (Wildman–Crippen LogP) is 3.04. The Kier molecular flexibility index (Phi) is 3.24. The molecule has 0 atom stereocenters. The van der Waals surface area contributed by atoms with E-state index in [2.05, 4.69) is 24.9 Å². The second kappa shape index (κ2) is 4.50. The first kappa shape index (κ1) is 11.5. The van der Waals surface area contributed by atoms with Crippen molar-refractivity contribution >= 4 is 18.5 Å². The van der Waals surface area contributed by atoms with Crippen molar-refractivity contribution in [1.82, 2.24) is 5.32 Å². The number of hydrogen-bond acceptors (Lipinski definition) is 2. The molecular formula is C13H17NOS. The van der Waals surface area contributed by atoms with Gasteiger partial charge in [-0.25, -0.2) is 0 Å². The highest BCUT2D eigenvalue weighted by Gasteiger charge is 2.36. The highest BCUT2D eigenvalue weighted by Crippen LogP contribution is 2.35. The molecule has 2 nitrogen and oxygen atoms in total. The number of benzene rings is 1. The van der Waals surface area contributed by atoms with Gasteiger partial charge in [0.2, 0.25) is 0 Å². The average Bonchev–Trinajstić information content (AvgIpc) is 2.24. The zero-order chi connectivity index (χ0) is 11.6. The second-order valence-electron chi connectivity index (χ2n) is 4.46. The van der Waals surface area contributed by atoms with Crippen molar-refractivity contribution in [3.8, 4) is 0 Å². The van der Waals surface area contributed by atoms with Gasteiger partial charge >= 0.3 is 0 Å². The Morgan fingerprint density at radius 1 is 1.44 bits per heavy atom. The molecule has 16 heavy (non-hydrogen) atoms. The van der Waals surface area contributed by atoms with Crippen LogP contribution in [0.4, 0.5) is 0 Å². The van der Waals surface area contributed by atoms with E-state index in [4.69, 9.17) is 0 Å². The topological polar surface area (TPSA) is 29.1 Å². The fourth-order valence-corrected chi connectivity index (χ4v) is 2.41. The van der Waals surface area contributed by atoms with E-state index in [9.17, 15) is 4.79 Å². The van der Waals surface area contributed by atoms with Crippen LogP contribution in [0.3, 0.4) is 0 Å². The van der Waals surface area contributed by atoms with Gasteiger partial charge in [0, 0.05) is 10.4 Å². The van der Waals surface area contributed by atoms with Crippen LogP contribution in [0.2, 0.25) is 0 Å². The van der Waals surface area contributed by atoms with Gasteiger partial charge in [-0.2, -0.15) is 0 Å². The summed E-state index contributed by atoms with van der Waals surface area (Å²) in [4.78, 5) is 12.8. The molecule has 1 fully saturated rings. The molecule has 1 aromatic rings. The number of carbonyl (C=O) groups is 1. The maximum absolute atomic E-state index is 12.1. The standard InChI is InChI=1S/C13H17NOS/c1-2-13(8-5-9-13)14-12(15)10-6-3-4-7-11(10)16/h3-4,6-7,16H,2,5,8-9H2,1H3,(H,14,15). The molecule has 1 aliphatic rings. The van der Waals surface area contributed by atoms with Gasteiger partial charge < -0.3 is 5.32 Å². The molecule has 0 radical (unpaired) electrons. The molecule has 1 amide bonds. The molecule has 1 aromatic carbocycles. The van der Waals surface area contributed by atoms with E-state index in [0.29, 0.717) is 5.56 Å². The molecule has 3 heteroatoms. The van der Waals surface area contributed by atoms with Crippen molar-refractivity contribution in [1.29, 1.82) is 0 Å². The molecule has 0 aromatic heterocycles.